The zero-order valence-corrected chi connectivity index (χ0v) is 12.7. The minimum absolute atomic E-state index is 0.0872. The van der Waals surface area contributed by atoms with Crippen LogP contribution in [0.1, 0.15) is 12.8 Å². The van der Waals surface area contributed by atoms with Crippen molar-refractivity contribution in [2.24, 2.45) is 0 Å². The molecule has 1 amide bonds. The van der Waals surface area contributed by atoms with Gasteiger partial charge in [0.2, 0.25) is 0 Å². The Bertz CT molecular complexity index is 688. The number of hydrogen-bond acceptors (Lipinski definition) is 5. The minimum atomic E-state index is -0.993. The molecule has 2 aromatic heterocycles. The smallest absolute Gasteiger partial charge is 0.404 e. The summed E-state index contributed by atoms with van der Waals surface area (Å²) in [6.45, 7) is 1.45. The second-order valence-electron chi connectivity index (χ2n) is 4.99. The first-order valence-corrected chi connectivity index (χ1v) is 7.37. The van der Waals surface area contributed by atoms with E-state index in [4.69, 9.17) is 10.8 Å². The average molecular weight is 355 g/mol. The monoisotopic (exact) mass is 354 g/mol. The molecule has 1 aliphatic heterocycles. The lowest BCUT2D eigenvalue weighted by molar-refractivity contribution is 0.188. The quantitative estimate of drug-likeness (QED) is 0.750. The van der Waals surface area contributed by atoms with Crippen LogP contribution in [0.2, 0.25) is 0 Å². The number of piperidine rings is 1. The highest BCUT2D eigenvalue weighted by Crippen LogP contribution is 2.32. The first-order chi connectivity index (χ1) is 10.1. The molecule has 3 rings (SSSR count). The maximum Gasteiger partial charge on any atom is 0.404 e. The summed E-state index contributed by atoms with van der Waals surface area (Å²) in [6, 6.07) is 1.85. The van der Waals surface area contributed by atoms with Gasteiger partial charge in [-0.3, -0.25) is 0 Å². The predicted octanol–water partition coefficient (Wildman–Crippen LogP) is 1.31. The average Bonchev–Trinajstić information content (AvgIpc) is 2.77. The largest absolute Gasteiger partial charge is 0.465 e. The van der Waals surface area contributed by atoms with Gasteiger partial charge in [0.15, 0.2) is 5.82 Å². The van der Waals surface area contributed by atoms with E-state index in [-0.39, 0.29) is 6.04 Å². The van der Waals surface area contributed by atoms with Crippen LogP contribution in [0.25, 0.3) is 5.52 Å². The molecule has 3 heterocycles. The Kier molecular flexibility index (Phi) is 3.58. The first kappa shape index (κ1) is 13.9. The molecule has 0 bridgehead atoms. The summed E-state index contributed by atoms with van der Waals surface area (Å²) in [5.41, 5.74) is 7.61. The van der Waals surface area contributed by atoms with Crippen molar-refractivity contribution < 1.29 is 9.90 Å². The second-order valence-corrected chi connectivity index (χ2v) is 5.81. The Labute approximate surface area is 129 Å². The van der Waals surface area contributed by atoms with Crippen LogP contribution in [-0.4, -0.2) is 44.9 Å². The molecule has 9 heteroatoms. The van der Waals surface area contributed by atoms with Gasteiger partial charge < -0.3 is 21.1 Å². The number of fused-ring (bicyclic) bond motifs is 1. The molecule has 1 aliphatic rings. The molecule has 1 unspecified atom stereocenters. The number of nitrogens with two attached hydrogens (primary N) is 1. The van der Waals surface area contributed by atoms with Crippen LogP contribution < -0.4 is 16.0 Å². The van der Waals surface area contributed by atoms with Crippen molar-refractivity contribution in [3.8, 4) is 0 Å². The van der Waals surface area contributed by atoms with Crippen LogP contribution in [0.15, 0.2) is 17.0 Å². The molecule has 1 saturated heterocycles. The van der Waals surface area contributed by atoms with E-state index in [0.717, 1.165) is 35.2 Å². The number of carboxylic acid groups (broad SMARTS) is 1. The molecular weight excluding hydrogens is 340 g/mol. The third kappa shape index (κ3) is 2.60. The third-order valence-electron chi connectivity index (χ3n) is 3.61. The van der Waals surface area contributed by atoms with Gasteiger partial charge in [-0.15, -0.1) is 0 Å². The Morgan fingerprint density at radius 2 is 2.38 bits per heavy atom. The maximum atomic E-state index is 10.8. The molecule has 1 fully saturated rings. The van der Waals surface area contributed by atoms with Gasteiger partial charge in [-0.05, 0) is 34.8 Å². The molecule has 0 aliphatic carbocycles. The van der Waals surface area contributed by atoms with Crippen LogP contribution in [0.4, 0.5) is 16.3 Å². The highest BCUT2D eigenvalue weighted by molar-refractivity contribution is 9.10. The zero-order chi connectivity index (χ0) is 15.0. The molecule has 0 radical (unpaired) electrons. The van der Waals surface area contributed by atoms with E-state index in [2.05, 4.69) is 36.2 Å². The van der Waals surface area contributed by atoms with Crippen molar-refractivity contribution in [2.45, 2.75) is 18.9 Å². The lowest BCUT2D eigenvalue weighted by Crippen LogP contribution is -2.47. The standard InChI is InChI=1S/C12H15BrN6O2/c13-9-4-8(10-11(14)15-6-16-19(9)10)18-3-1-2-7(5-18)17-12(20)21/h4,6-7,17H,1-3,5H2,(H,20,21)(H2,14,15,16). The summed E-state index contributed by atoms with van der Waals surface area (Å²) in [7, 11) is 0. The first-order valence-electron chi connectivity index (χ1n) is 6.58. The summed E-state index contributed by atoms with van der Waals surface area (Å²) < 4.78 is 2.47. The van der Waals surface area contributed by atoms with E-state index in [1.165, 1.54) is 6.33 Å². The van der Waals surface area contributed by atoms with E-state index in [9.17, 15) is 4.79 Å². The summed E-state index contributed by atoms with van der Waals surface area (Å²) in [4.78, 5) is 16.9. The molecule has 4 N–H and O–H groups in total. The number of anilines is 2. The third-order valence-corrected chi connectivity index (χ3v) is 4.17. The highest BCUT2D eigenvalue weighted by atomic mass is 79.9. The van der Waals surface area contributed by atoms with Crippen molar-refractivity contribution in [1.29, 1.82) is 0 Å². The summed E-state index contributed by atoms with van der Waals surface area (Å²) >= 11 is 3.45. The summed E-state index contributed by atoms with van der Waals surface area (Å²) in [6.07, 6.45) is 2.16. The number of nitrogens with one attached hydrogen (secondary N) is 1. The van der Waals surface area contributed by atoms with Gasteiger partial charge in [0, 0.05) is 19.1 Å². The van der Waals surface area contributed by atoms with Gasteiger partial charge in [-0.1, -0.05) is 0 Å². The number of hydrogen-bond donors (Lipinski definition) is 3. The van der Waals surface area contributed by atoms with Gasteiger partial charge >= 0.3 is 6.09 Å². The van der Waals surface area contributed by atoms with E-state index in [0.29, 0.717) is 12.4 Å². The van der Waals surface area contributed by atoms with Crippen molar-refractivity contribution >= 4 is 39.0 Å². The number of rotatable bonds is 2. The number of nitrogen functional groups attached to an aromatic ring is 1. The number of carbonyl (C=O) groups is 1. The van der Waals surface area contributed by atoms with Crippen molar-refractivity contribution in [3.63, 3.8) is 0 Å². The molecule has 1 atom stereocenters. The SMILES string of the molecule is Nc1ncnn2c(Br)cc(N3CCCC(NC(=O)O)C3)c12. The molecular formula is C12H15BrN6O2. The molecule has 21 heavy (non-hydrogen) atoms. The Morgan fingerprint density at radius 1 is 1.57 bits per heavy atom. The van der Waals surface area contributed by atoms with Crippen molar-refractivity contribution in [2.75, 3.05) is 23.7 Å². The lowest BCUT2D eigenvalue weighted by atomic mass is 10.1. The van der Waals surface area contributed by atoms with Crippen LogP contribution in [-0.2, 0) is 0 Å². The fourth-order valence-corrected chi connectivity index (χ4v) is 3.23. The van der Waals surface area contributed by atoms with Crippen LogP contribution in [0.3, 0.4) is 0 Å². The fraction of sp³-hybridized carbons (Fsp3) is 0.417. The lowest BCUT2D eigenvalue weighted by Gasteiger charge is -2.33. The Balaban J connectivity index is 1.95. The fourth-order valence-electron chi connectivity index (χ4n) is 2.74. The molecule has 112 valence electrons. The molecule has 0 aromatic carbocycles. The summed E-state index contributed by atoms with van der Waals surface area (Å²) in [5.74, 6) is 0.402. The predicted molar refractivity (Wildman–Crippen MR) is 81.5 cm³/mol. The number of nitrogens with zero attached hydrogens (tertiary/aromatic N) is 4. The minimum Gasteiger partial charge on any atom is -0.465 e. The van der Waals surface area contributed by atoms with Gasteiger partial charge in [0.1, 0.15) is 16.4 Å². The number of halogens is 1. The van der Waals surface area contributed by atoms with Gasteiger partial charge in [-0.2, -0.15) is 5.10 Å². The van der Waals surface area contributed by atoms with Crippen molar-refractivity contribution in [1.82, 2.24) is 19.9 Å². The van der Waals surface area contributed by atoms with Gasteiger partial charge in [0.05, 0.1) is 5.69 Å². The topological polar surface area (TPSA) is 109 Å². The second kappa shape index (κ2) is 5.40. The normalized spacial score (nSPS) is 18.9. The number of aromatic nitrogens is 3. The highest BCUT2D eigenvalue weighted by Gasteiger charge is 2.25. The van der Waals surface area contributed by atoms with E-state index in [1.807, 2.05) is 6.07 Å². The van der Waals surface area contributed by atoms with E-state index in [1.54, 1.807) is 4.52 Å². The van der Waals surface area contributed by atoms with Crippen molar-refractivity contribution in [3.05, 3.63) is 17.0 Å². The van der Waals surface area contributed by atoms with Gasteiger partial charge in [-0.25, -0.2) is 14.3 Å². The van der Waals surface area contributed by atoms with Crippen LogP contribution in [0.5, 0.6) is 0 Å². The Hall–Kier alpha value is -2.03. The molecule has 8 nitrogen and oxygen atoms in total. The van der Waals surface area contributed by atoms with Crippen LogP contribution >= 0.6 is 15.9 Å². The van der Waals surface area contributed by atoms with Gasteiger partial charge in [0.25, 0.3) is 0 Å². The molecule has 0 spiro atoms. The Morgan fingerprint density at radius 3 is 3.14 bits per heavy atom. The van der Waals surface area contributed by atoms with Crippen LogP contribution in [0, 0.1) is 0 Å². The number of amides is 1. The maximum absolute atomic E-state index is 10.8. The van der Waals surface area contributed by atoms with E-state index < -0.39 is 6.09 Å². The summed E-state index contributed by atoms with van der Waals surface area (Å²) in [5, 5.41) is 15.6. The zero-order valence-electron chi connectivity index (χ0n) is 11.2. The molecule has 2 aromatic rings. The van der Waals surface area contributed by atoms with E-state index >= 15 is 0 Å². The molecule has 0 saturated carbocycles.